The molecule has 0 spiro atoms. The third-order valence-corrected chi connectivity index (χ3v) is 4.83. The minimum atomic E-state index is 0.743. The Morgan fingerprint density at radius 1 is 1.16 bits per heavy atom. The molecule has 2 aromatic rings. The van der Waals surface area contributed by atoms with Gasteiger partial charge in [0.1, 0.15) is 10.8 Å². The topological polar surface area (TPSA) is 35.0 Å². The fraction of sp³-hybridized carbons (Fsp3) is 0.429. The number of thioether (sulfide) groups is 1. The molecule has 0 unspecified atom stereocenters. The Bertz CT molecular complexity index is 540. The summed E-state index contributed by atoms with van der Waals surface area (Å²) in [7, 11) is 0. The lowest BCUT2D eigenvalue weighted by Gasteiger charge is -2.07. The fourth-order valence-corrected chi connectivity index (χ4v) is 3.35. The van der Waals surface area contributed by atoms with Crippen LogP contribution in [-0.4, -0.2) is 22.6 Å². The highest BCUT2D eigenvalue weighted by molar-refractivity contribution is 8.01. The van der Waals surface area contributed by atoms with E-state index in [4.69, 9.17) is 4.74 Å². The molecule has 0 aliphatic carbocycles. The molecule has 0 amide bonds. The second-order valence-electron chi connectivity index (χ2n) is 4.38. The summed E-state index contributed by atoms with van der Waals surface area (Å²) in [6.07, 6.45) is 1.01. The van der Waals surface area contributed by atoms with E-state index >= 15 is 0 Å². The summed E-state index contributed by atoms with van der Waals surface area (Å²) in [6.45, 7) is 6.94. The van der Waals surface area contributed by atoms with Crippen molar-refractivity contribution < 1.29 is 4.74 Å². The standard InChI is InChI=1S/C14H18N2OS2/c1-10-5-6-13(9-11(10)2)17-7-4-8-18-14-16-15-12(3)19-14/h5-6,9H,4,7-8H2,1-3H3. The molecule has 3 nitrogen and oxygen atoms in total. The number of ether oxygens (including phenoxy) is 1. The summed E-state index contributed by atoms with van der Waals surface area (Å²) in [5.41, 5.74) is 2.57. The summed E-state index contributed by atoms with van der Waals surface area (Å²) in [5, 5.41) is 9.10. The lowest BCUT2D eigenvalue weighted by molar-refractivity contribution is 0.318. The molecule has 1 aromatic heterocycles. The molecule has 0 radical (unpaired) electrons. The predicted octanol–water partition coefficient (Wildman–Crippen LogP) is 4.02. The van der Waals surface area contributed by atoms with Gasteiger partial charge in [0.25, 0.3) is 0 Å². The Morgan fingerprint density at radius 2 is 2.00 bits per heavy atom. The van der Waals surface area contributed by atoms with Gasteiger partial charge in [-0.2, -0.15) is 0 Å². The first-order valence-electron chi connectivity index (χ1n) is 6.28. The number of nitrogens with zero attached hydrogens (tertiary/aromatic N) is 2. The van der Waals surface area contributed by atoms with Gasteiger partial charge in [0.2, 0.25) is 0 Å². The summed E-state index contributed by atoms with van der Waals surface area (Å²) >= 11 is 3.39. The van der Waals surface area contributed by atoms with E-state index in [2.05, 4.69) is 36.2 Å². The molecule has 1 aromatic carbocycles. The average Bonchev–Trinajstić information content (AvgIpc) is 2.79. The molecular weight excluding hydrogens is 276 g/mol. The largest absolute Gasteiger partial charge is 0.494 e. The molecule has 5 heteroatoms. The van der Waals surface area contributed by atoms with E-state index in [0.29, 0.717) is 0 Å². The third-order valence-electron chi connectivity index (χ3n) is 2.77. The van der Waals surface area contributed by atoms with Crippen LogP contribution in [0.1, 0.15) is 22.6 Å². The van der Waals surface area contributed by atoms with E-state index in [1.807, 2.05) is 13.0 Å². The van der Waals surface area contributed by atoms with E-state index in [1.54, 1.807) is 23.1 Å². The first-order valence-corrected chi connectivity index (χ1v) is 8.08. The first-order chi connectivity index (χ1) is 9.15. The highest BCUT2D eigenvalue weighted by atomic mass is 32.2. The van der Waals surface area contributed by atoms with E-state index < -0.39 is 0 Å². The van der Waals surface area contributed by atoms with Crippen LogP contribution in [0.5, 0.6) is 5.75 Å². The van der Waals surface area contributed by atoms with E-state index in [0.717, 1.165) is 33.9 Å². The maximum absolute atomic E-state index is 5.74. The van der Waals surface area contributed by atoms with Crippen molar-refractivity contribution in [1.29, 1.82) is 0 Å². The zero-order chi connectivity index (χ0) is 13.7. The van der Waals surface area contributed by atoms with Crippen LogP contribution in [0, 0.1) is 20.8 Å². The number of hydrogen-bond donors (Lipinski definition) is 0. The van der Waals surface area contributed by atoms with Crippen molar-refractivity contribution in [2.24, 2.45) is 0 Å². The predicted molar refractivity (Wildman–Crippen MR) is 81.4 cm³/mol. The van der Waals surface area contributed by atoms with Crippen molar-refractivity contribution in [1.82, 2.24) is 10.2 Å². The fourth-order valence-electron chi connectivity index (χ4n) is 1.55. The number of hydrogen-bond acceptors (Lipinski definition) is 5. The monoisotopic (exact) mass is 294 g/mol. The molecule has 0 aliphatic rings. The Hall–Kier alpha value is -1.07. The van der Waals surface area contributed by atoms with Crippen LogP contribution in [0.2, 0.25) is 0 Å². The maximum Gasteiger partial charge on any atom is 0.174 e. The van der Waals surface area contributed by atoms with Crippen LogP contribution in [0.25, 0.3) is 0 Å². The van der Waals surface area contributed by atoms with Crippen LogP contribution >= 0.6 is 23.1 Å². The Balaban J connectivity index is 1.67. The van der Waals surface area contributed by atoms with Gasteiger partial charge in [0, 0.05) is 5.75 Å². The normalized spacial score (nSPS) is 10.7. The average molecular weight is 294 g/mol. The van der Waals surface area contributed by atoms with Gasteiger partial charge in [-0.1, -0.05) is 29.2 Å². The van der Waals surface area contributed by atoms with Gasteiger partial charge in [0.05, 0.1) is 6.61 Å². The summed E-state index contributed by atoms with van der Waals surface area (Å²) in [4.78, 5) is 0. The molecule has 0 saturated heterocycles. The molecule has 0 fully saturated rings. The number of aromatic nitrogens is 2. The zero-order valence-corrected chi connectivity index (χ0v) is 13.1. The Labute approximate surface area is 122 Å². The van der Waals surface area contributed by atoms with E-state index in [9.17, 15) is 0 Å². The van der Waals surface area contributed by atoms with Gasteiger partial charge >= 0.3 is 0 Å². The van der Waals surface area contributed by atoms with Crippen molar-refractivity contribution in [2.45, 2.75) is 31.5 Å². The minimum Gasteiger partial charge on any atom is -0.494 e. The van der Waals surface area contributed by atoms with Crippen molar-refractivity contribution in [3.63, 3.8) is 0 Å². The maximum atomic E-state index is 5.74. The van der Waals surface area contributed by atoms with Crippen LogP contribution < -0.4 is 4.74 Å². The molecule has 0 bridgehead atoms. The van der Waals surface area contributed by atoms with Crippen molar-refractivity contribution >= 4 is 23.1 Å². The van der Waals surface area contributed by atoms with Gasteiger partial charge < -0.3 is 4.74 Å². The molecule has 102 valence electrons. The minimum absolute atomic E-state index is 0.743. The van der Waals surface area contributed by atoms with E-state index in [-0.39, 0.29) is 0 Å². The van der Waals surface area contributed by atoms with E-state index in [1.165, 1.54) is 11.1 Å². The summed E-state index contributed by atoms with van der Waals surface area (Å²) < 4.78 is 6.78. The van der Waals surface area contributed by atoms with Gasteiger partial charge in [-0.05, 0) is 50.5 Å². The van der Waals surface area contributed by atoms with Crippen LogP contribution in [0.15, 0.2) is 22.5 Å². The third kappa shape index (κ3) is 4.51. The number of aryl methyl sites for hydroxylation is 3. The van der Waals surface area contributed by atoms with Crippen molar-refractivity contribution in [2.75, 3.05) is 12.4 Å². The van der Waals surface area contributed by atoms with Gasteiger partial charge in [-0.15, -0.1) is 10.2 Å². The molecule has 2 rings (SSSR count). The number of benzene rings is 1. The highest BCUT2D eigenvalue weighted by Gasteiger charge is 2.01. The first kappa shape index (κ1) is 14.3. The lowest BCUT2D eigenvalue weighted by Crippen LogP contribution is -1.99. The van der Waals surface area contributed by atoms with Gasteiger partial charge in [-0.25, -0.2) is 0 Å². The summed E-state index contributed by atoms with van der Waals surface area (Å²) in [6, 6.07) is 6.23. The second kappa shape index (κ2) is 6.91. The SMILES string of the molecule is Cc1nnc(SCCCOc2ccc(C)c(C)c2)s1. The number of rotatable bonds is 6. The Kier molecular flexibility index (Phi) is 5.22. The van der Waals surface area contributed by atoms with Crippen molar-refractivity contribution in [3.8, 4) is 5.75 Å². The van der Waals surface area contributed by atoms with Gasteiger partial charge in [-0.3, -0.25) is 0 Å². The molecule has 19 heavy (non-hydrogen) atoms. The van der Waals surface area contributed by atoms with Crippen LogP contribution in [0.3, 0.4) is 0 Å². The molecule has 0 aliphatic heterocycles. The van der Waals surface area contributed by atoms with Crippen molar-refractivity contribution in [3.05, 3.63) is 34.3 Å². The molecular formula is C14H18N2OS2. The molecule has 0 saturated carbocycles. The van der Waals surface area contributed by atoms with Crippen LogP contribution in [-0.2, 0) is 0 Å². The lowest BCUT2D eigenvalue weighted by atomic mass is 10.1. The highest BCUT2D eigenvalue weighted by Crippen LogP contribution is 2.22. The molecule has 0 N–H and O–H groups in total. The Morgan fingerprint density at radius 3 is 2.68 bits per heavy atom. The smallest absolute Gasteiger partial charge is 0.174 e. The molecule has 1 heterocycles. The quantitative estimate of drug-likeness (QED) is 0.595. The zero-order valence-electron chi connectivity index (χ0n) is 11.5. The summed E-state index contributed by atoms with van der Waals surface area (Å²) in [5.74, 6) is 1.97. The second-order valence-corrected chi connectivity index (χ2v) is 6.91. The van der Waals surface area contributed by atoms with Crippen LogP contribution in [0.4, 0.5) is 0 Å². The van der Waals surface area contributed by atoms with Gasteiger partial charge in [0.15, 0.2) is 4.34 Å². The molecule has 0 atom stereocenters.